The van der Waals surface area contributed by atoms with Gasteiger partial charge in [0.2, 0.25) is 0 Å². The molecule has 0 spiro atoms. The average molecular weight is 510 g/mol. The van der Waals surface area contributed by atoms with Gasteiger partial charge in [-0.3, -0.25) is 0 Å². The van der Waals surface area contributed by atoms with E-state index in [4.69, 9.17) is 0 Å². The van der Waals surface area contributed by atoms with Crippen molar-refractivity contribution in [3.05, 3.63) is 71.3 Å². The van der Waals surface area contributed by atoms with Crippen LogP contribution < -0.4 is 5.11 Å². The van der Waals surface area contributed by atoms with Crippen LogP contribution in [0.15, 0.2) is 54.6 Å². The molecule has 0 aromatic heterocycles. The molecule has 208 valence electrons. The number of rotatable bonds is 17. The molecule has 0 radical (unpaired) electrons. The molecule has 1 unspecified atom stereocenters. The molecule has 2 aromatic carbocycles. The monoisotopic (exact) mass is 509 g/mol. The largest absolute Gasteiger partial charge is 0.550 e. The smallest absolute Gasteiger partial charge is 0.104 e. The molecule has 0 amide bonds. The normalized spacial score (nSPS) is 12.2. The highest BCUT2D eigenvalue weighted by Gasteiger charge is 2.14. The third kappa shape index (κ3) is 16.4. The first-order valence-corrected chi connectivity index (χ1v) is 14.8. The first-order valence-electron chi connectivity index (χ1n) is 14.8. The fourth-order valence-corrected chi connectivity index (χ4v) is 4.73. The van der Waals surface area contributed by atoms with Crippen LogP contribution in [-0.2, 0) is 17.8 Å². The van der Waals surface area contributed by atoms with Crippen molar-refractivity contribution in [1.29, 1.82) is 0 Å². The molecule has 3 nitrogen and oxygen atoms in total. The molecule has 1 atom stereocenters. The maximum Gasteiger partial charge on any atom is 0.104 e. The Balaban J connectivity index is 0.000000397. The van der Waals surface area contributed by atoms with Gasteiger partial charge in [0.05, 0.1) is 20.6 Å². The standard InChI is InChI=1S/C21H38N.C13H18O2/c1-4-5-6-7-8-9-10-11-12-16-19-22(2,3)20-21-17-14-13-15-18-21;1-9(2)8-11-4-6-12(7-5-11)10(3)13(14)15/h13-15,17-18H,4-12,16,19-20H2,1-3H3;4-7,9-10H,8H2,1-3H3,(H,14,15)/q+1;/p-1. The van der Waals surface area contributed by atoms with Gasteiger partial charge < -0.3 is 14.4 Å². The summed E-state index contributed by atoms with van der Waals surface area (Å²) in [6.07, 6.45) is 15.3. The van der Waals surface area contributed by atoms with Gasteiger partial charge in [-0.1, -0.05) is 134 Å². The average Bonchev–Trinajstić information content (AvgIpc) is 2.85. The zero-order valence-electron chi connectivity index (χ0n) is 24.8. The highest BCUT2D eigenvalue weighted by atomic mass is 16.4. The van der Waals surface area contributed by atoms with Crippen LogP contribution in [0.25, 0.3) is 0 Å². The van der Waals surface area contributed by atoms with Crippen molar-refractivity contribution in [3.8, 4) is 0 Å². The molecule has 0 aliphatic heterocycles. The Kier molecular flexibility index (Phi) is 16.9. The lowest BCUT2D eigenvalue weighted by Gasteiger charge is -2.30. The molecule has 0 aliphatic carbocycles. The van der Waals surface area contributed by atoms with Crippen molar-refractivity contribution in [2.24, 2.45) is 5.92 Å². The van der Waals surface area contributed by atoms with Crippen molar-refractivity contribution >= 4 is 5.97 Å². The maximum atomic E-state index is 10.7. The summed E-state index contributed by atoms with van der Waals surface area (Å²) < 4.78 is 1.11. The highest BCUT2D eigenvalue weighted by Crippen LogP contribution is 2.17. The molecule has 0 saturated carbocycles. The first kappa shape index (κ1) is 32.9. The summed E-state index contributed by atoms with van der Waals surface area (Å²) in [4.78, 5) is 10.7. The molecular weight excluding hydrogens is 454 g/mol. The second-order valence-electron chi connectivity index (χ2n) is 11.9. The second kappa shape index (κ2) is 19.0. The van der Waals surface area contributed by atoms with Gasteiger partial charge in [0.25, 0.3) is 0 Å². The Morgan fingerprint density at radius 1 is 0.730 bits per heavy atom. The van der Waals surface area contributed by atoms with E-state index >= 15 is 0 Å². The predicted molar refractivity (Wildman–Crippen MR) is 157 cm³/mol. The summed E-state index contributed by atoms with van der Waals surface area (Å²) in [5.41, 5.74) is 3.52. The van der Waals surface area contributed by atoms with E-state index in [1.165, 1.54) is 81.9 Å². The number of carbonyl (C=O) groups excluding carboxylic acids is 1. The molecule has 0 saturated heterocycles. The predicted octanol–water partition coefficient (Wildman–Crippen LogP) is 7.92. The van der Waals surface area contributed by atoms with Crippen LogP contribution in [0.1, 0.15) is 115 Å². The fraction of sp³-hybridized carbons (Fsp3) is 0.618. The van der Waals surface area contributed by atoms with Crippen molar-refractivity contribution in [1.82, 2.24) is 0 Å². The van der Waals surface area contributed by atoms with Gasteiger partial charge in [-0.05, 0) is 36.3 Å². The third-order valence-corrected chi connectivity index (χ3v) is 7.05. The van der Waals surface area contributed by atoms with Gasteiger partial charge in [-0.2, -0.15) is 0 Å². The number of carboxylic acid groups (broad SMARTS) is 1. The fourth-order valence-electron chi connectivity index (χ4n) is 4.73. The molecule has 0 bridgehead atoms. The van der Waals surface area contributed by atoms with Gasteiger partial charge in [0.15, 0.2) is 0 Å². The Morgan fingerprint density at radius 2 is 1.24 bits per heavy atom. The molecule has 2 aromatic rings. The number of quaternary nitrogens is 1. The lowest BCUT2D eigenvalue weighted by Crippen LogP contribution is -2.39. The van der Waals surface area contributed by atoms with Gasteiger partial charge in [0, 0.05) is 17.5 Å². The van der Waals surface area contributed by atoms with E-state index in [9.17, 15) is 9.90 Å². The molecule has 2 rings (SSSR count). The van der Waals surface area contributed by atoms with E-state index in [1.54, 1.807) is 6.92 Å². The SMILES string of the molecule is CC(C)Cc1ccc(C(C)C(=O)[O-])cc1.CCCCCCCCCCCC[N+](C)(C)Cc1ccccc1. The zero-order chi connectivity index (χ0) is 27.5. The minimum Gasteiger partial charge on any atom is -0.550 e. The number of hydrogen-bond donors (Lipinski definition) is 0. The quantitative estimate of drug-likeness (QED) is 0.160. The van der Waals surface area contributed by atoms with Crippen molar-refractivity contribution in [3.63, 3.8) is 0 Å². The Labute approximate surface area is 228 Å². The zero-order valence-corrected chi connectivity index (χ0v) is 24.8. The lowest BCUT2D eigenvalue weighted by atomic mass is 9.97. The molecule has 0 heterocycles. The Morgan fingerprint density at radius 3 is 1.73 bits per heavy atom. The van der Waals surface area contributed by atoms with E-state index in [-0.39, 0.29) is 0 Å². The third-order valence-electron chi connectivity index (χ3n) is 7.05. The number of aliphatic carboxylic acids is 1. The summed E-state index contributed by atoms with van der Waals surface area (Å²) in [6, 6.07) is 18.6. The van der Waals surface area contributed by atoms with Gasteiger partial charge in [-0.25, -0.2) is 0 Å². The first-order chi connectivity index (χ1) is 17.6. The molecular formula is C34H55NO2. The molecule has 0 N–H and O–H groups in total. The van der Waals surface area contributed by atoms with Crippen LogP contribution in [-0.4, -0.2) is 31.1 Å². The van der Waals surface area contributed by atoms with Crippen molar-refractivity contribution in [2.75, 3.05) is 20.6 Å². The minimum atomic E-state index is -1.02. The number of benzene rings is 2. The van der Waals surface area contributed by atoms with Crippen LogP contribution in [0.3, 0.4) is 0 Å². The van der Waals surface area contributed by atoms with E-state index in [2.05, 4.69) is 65.2 Å². The summed E-state index contributed by atoms with van der Waals surface area (Å²) >= 11 is 0. The van der Waals surface area contributed by atoms with E-state index in [1.807, 2.05) is 24.3 Å². The van der Waals surface area contributed by atoms with E-state index in [0.717, 1.165) is 23.0 Å². The highest BCUT2D eigenvalue weighted by molar-refractivity contribution is 5.73. The van der Waals surface area contributed by atoms with Crippen molar-refractivity contribution < 1.29 is 14.4 Å². The van der Waals surface area contributed by atoms with Gasteiger partial charge >= 0.3 is 0 Å². The number of hydrogen-bond acceptors (Lipinski definition) is 2. The Bertz CT molecular complexity index is 827. The molecule has 3 heteroatoms. The lowest BCUT2D eigenvalue weighted by molar-refractivity contribution is -0.903. The van der Waals surface area contributed by atoms with E-state index in [0.29, 0.717) is 5.92 Å². The number of nitrogens with zero attached hydrogens (tertiary/aromatic N) is 1. The maximum absolute atomic E-state index is 10.7. The Hall–Kier alpha value is -2.13. The molecule has 0 fully saturated rings. The van der Waals surface area contributed by atoms with Crippen LogP contribution >= 0.6 is 0 Å². The summed E-state index contributed by atoms with van der Waals surface area (Å²) in [6.45, 7) is 10.7. The van der Waals surface area contributed by atoms with E-state index < -0.39 is 11.9 Å². The molecule has 0 aliphatic rings. The van der Waals surface area contributed by atoms with Crippen LogP contribution in [0, 0.1) is 5.92 Å². The summed E-state index contributed by atoms with van der Waals surface area (Å²) in [5, 5.41) is 10.7. The minimum absolute atomic E-state index is 0.530. The van der Waals surface area contributed by atoms with Gasteiger partial charge in [-0.15, -0.1) is 0 Å². The number of carboxylic acids is 1. The summed E-state index contributed by atoms with van der Waals surface area (Å²) in [5.74, 6) is -0.931. The number of carbonyl (C=O) groups is 1. The van der Waals surface area contributed by atoms with Crippen LogP contribution in [0.4, 0.5) is 0 Å². The van der Waals surface area contributed by atoms with Gasteiger partial charge in [0.1, 0.15) is 6.54 Å². The van der Waals surface area contributed by atoms with Crippen molar-refractivity contribution in [2.45, 2.75) is 111 Å². The number of unbranched alkanes of at least 4 members (excludes halogenated alkanes) is 9. The topological polar surface area (TPSA) is 40.1 Å². The van der Waals surface area contributed by atoms with Crippen LogP contribution in [0.2, 0.25) is 0 Å². The summed E-state index contributed by atoms with van der Waals surface area (Å²) in [7, 11) is 4.72. The molecule has 37 heavy (non-hydrogen) atoms. The van der Waals surface area contributed by atoms with Crippen LogP contribution in [0.5, 0.6) is 0 Å². The second-order valence-corrected chi connectivity index (χ2v) is 11.9.